The lowest BCUT2D eigenvalue weighted by atomic mass is 10.0. The first-order chi connectivity index (χ1) is 6.84. The average Bonchev–Trinajstić information content (AvgIpc) is 2.15. The summed E-state index contributed by atoms with van der Waals surface area (Å²) >= 11 is 0. The zero-order valence-electron chi connectivity index (χ0n) is 10.1. The van der Waals surface area contributed by atoms with E-state index in [2.05, 4.69) is 19.9 Å². The number of benzene rings is 1. The first-order valence-corrected chi connectivity index (χ1v) is 7.64. The van der Waals surface area contributed by atoms with Gasteiger partial charge in [-0.15, -0.1) is 0 Å². The van der Waals surface area contributed by atoms with E-state index in [1.165, 1.54) is 11.1 Å². The molecule has 2 nitrogen and oxygen atoms in total. The third-order valence-electron chi connectivity index (χ3n) is 2.88. The second-order valence-corrected chi connectivity index (χ2v) is 7.55. The Kier molecular flexibility index (Phi) is 3.75. The largest absolute Gasteiger partial charge is 0.307 e. The van der Waals surface area contributed by atoms with Crippen molar-refractivity contribution in [1.29, 1.82) is 0 Å². The topological polar surface area (TPSA) is 20.3 Å². The minimum atomic E-state index is -2.18. The van der Waals surface area contributed by atoms with Gasteiger partial charge in [0, 0.05) is 19.4 Å². The van der Waals surface area contributed by atoms with E-state index in [0.29, 0.717) is 0 Å². The normalized spacial score (nSPS) is 14.3. The van der Waals surface area contributed by atoms with Crippen molar-refractivity contribution in [2.45, 2.75) is 19.9 Å². The van der Waals surface area contributed by atoms with E-state index in [0.717, 1.165) is 0 Å². The summed E-state index contributed by atoms with van der Waals surface area (Å²) in [5.74, 6) is 0. The van der Waals surface area contributed by atoms with Crippen molar-refractivity contribution < 1.29 is 4.57 Å². The molecule has 1 atom stereocenters. The Balaban J connectivity index is 3.00. The molecule has 1 aromatic carbocycles. The van der Waals surface area contributed by atoms with E-state index in [1.54, 1.807) is 13.3 Å². The van der Waals surface area contributed by atoms with Crippen LogP contribution in [-0.4, -0.2) is 25.0 Å². The molecule has 0 aliphatic rings. The fourth-order valence-electron chi connectivity index (χ4n) is 1.61. The number of hydrogen-bond donors (Lipinski definition) is 0. The molecule has 1 radical (unpaired) electrons. The molecular weight excluding hydrogens is 205 g/mol. The molecule has 0 bridgehead atoms. The molecule has 0 spiro atoms. The van der Waals surface area contributed by atoms with Gasteiger partial charge in [-0.1, -0.05) is 18.2 Å². The Morgan fingerprint density at radius 1 is 1.47 bits per heavy atom. The van der Waals surface area contributed by atoms with Crippen molar-refractivity contribution in [3.63, 3.8) is 0 Å². The molecule has 15 heavy (non-hydrogen) atoms. The van der Waals surface area contributed by atoms with E-state index in [4.69, 9.17) is 0 Å². The van der Waals surface area contributed by atoms with Gasteiger partial charge >= 0.3 is 0 Å². The highest BCUT2D eigenvalue weighted by Crippen LogP contribution is 2.45. The molecular formula is C12H19NOP. The summed E-state index contributed by atoms with van der Waals surface area (Å²) in [6.07, 6.45) is 0. The predicted molar refractivity (Wildman–Crippen MR) is 65.6 cm³/mol. The smallest absolute Gasteiger partial charge is 0.144 e. The summed E-state index contributed by atoms with van der Waals surface area (Å²) in [4.78, 5) is 0. The van der Waals surface area contributed by atoms with Crippen molar-refractivity contribution in [2.75, 3.05) is 20.4 Å². The second-order valence-electron chi connectivity index (χ2n) is 4.33. The summed E-state index contributed by atoms with van der Waals surface area (Å²) in [5, 5.41) is 0. The van der Waals surface area contributed by atoms with Gasteiger partial charge in [0.25, 0.3) is 0 Å². The van der Waals surface area contributed by atoms with E-state index >= 15 is 0 Å². The van der Waals surface area contributed by atoms with Crippen LogP contribution < -0.4 is 0 Å². The molecule has 0 fully saturated rings. The molecule has 1 rings (SSSR count). The third-order valence-corrected chi connectivity index (χ3v) is 4.75. The Morgan fingerprint density at radius 3 is 2.53 bits per heavy atom. The summed E-state index contributed by atoms with van der Waals surface area (Å²) in [6, 6.07) is 9.15. The predicted octanol–water partition coefficient (Wildman–Crippen LogP) is 3.33. The van der Waals surface area contributed by atoms with Crippen LogP contribution in [0.2, 0.25) is 0 Å². The summed E-state index contributed by atoms with van der Waals surface area (Å²) < 4.78 is 13.9. The SMILES string of the molecule is Cc1c[c]ccc1C(C)N(C)P(C)(C)=O. The van der Waals surface area contributed by atoms with Crippen LogP contribution in [0.25, 0.3) is 0 Å². The fraction of sp³-hybridized carbons (Fsp3) is 0.500. The van der Waals surface area contributed by atoms with E-state index < -0.39 is 7.29 Å². The number of rotatable bonds is 3. The summed E-state index contributed by atoms with van der Waals surface area (Å²) in [7, 11) is -0.257. The summed E-state index contributed by atoms with van der Waals surface area (Å²) in [5.41, 5.74) is 2.42. The van der Waals surface area contributed by atoms with Gasteiger partial charge in [-0.25, -0.2) is 4.67 Å². The first kappa shape index (κ1) is 12.5. The van der Waals surface area contributed by atoms with Crippen molar-refractivity contribution >= 4 is 7.29 Å². The maximum atomic E-state index is 12.0. The van der Waals surface area contributed by atoms with Gasteiger partial charge in [0.1, 0.15) is 7.29 Å². The molecule has 0 amide bonds. The van der Waals surface area contributed by atoms with Crippen LogP contribution in [0, 0.1) is 13.0 Å². The standard InChI is InChI=1S/C12H19NOP/c1-10-8-6-7-9-12(10)11(2)13(3)15(4,5)14/h7-9,11H,1-5H3. The number of nitrogens with zero attached hydrogens (tertiary/aromatic N) is 1. The van der Waals surface area contributed by atoms with Crippen LogP contribution in [0.15, 0.2) is 18.2 Å². The average molecular weight is 224 g/mol. The minimum absolute atomic E-state index is 0.181. The molecule has 83 valence electrons. The number of aryl methyl sites for hydroxylation is 1. The van der Waals surface area contributed by atoms with Gasteiger partial charge in [0.15, 0.2) is 0 Å². The number of hydrogen-bond acceptors (Lipinski definition) is 1. The van der Waals surface area contributed by atoms with Gasteiger partial charge < -0.3 is 4.57 Å². The fourth-order valence-corrected chi connectivity index (χ4v) is 2.57. The second kappa shape index (κ2) is 4.51. The van der Waals surface area contributed by atoms with Crippen LogP contribution in [0.4, 0.5) is 0 Å². The van der Waals surface area contributed by atoms with Gasteiger partial charge in [-0.3, -0.25) is 0 Å². The Labute approximate surface area is 92.7 Å². The van der Waals surface area contributed by atoms with Crippen LogP contribution >= 0.6 is 7.29 Å². The lowest BCUT2D eigenvalue weighted by Gasteiger charge is -2.29. The van der Waals surface area contributed by atoms with Crippen LogP contribution in [0.1, 0.15) is 24.1 Å². The monoisotopic (exact) mass is 224 g/mol. The third kappa shape index (κ3) is 2.93. The highest BCUT2D eigenvalue weighted by atomic mass is 31.2. The van der Waals surface area contributed by atoms with Gasteiger partial charge in [-0.2, -0.15) is 0 Å². The van der Waals surface area contributed by atoms with Gasteiger partial charge in [-0.05, 0) is 38.1 Å². The molecule has 0 aromatic heterocycles. The lowest BCUT2D eigenvalue weighted by molar-refractivity contribution is 0.401. The molecule has 0 saturated heterocycles. The Hall–Kier alpha value is -0.590. The van der Waals surface area contributed by atoms with Crippen molar-refractivity contribution in [3.05, 3.63) is 35.4 Å². The quantitative estimate of drug-likeness (QED) is 0.734. The highest BCUT2D eigenvalue weighted by Gasteiger charge is 2.22. The van der Waals surface area contributed by atoms with Crippen molar-refractivity contribution in [3.8, 4) is 0 Å². The molecule has 0 N–H and O–H groups in total. The molecule has 3 heteroatoms. The maximum Gasteiger partial charge on any atom is 0.144 e. The molecule has 0 saturated carbocycles. The lowest BCUT2D eigenvalue weighted by Crippen LogP contribution is -2.19. The molecule has 0 heterocycles. The molecule has 1 unspecified atom stereocenters. The Bertz CT molecular complexity index is 383. The zero-order chi connectivity index (χ0) is 11.6. The summed E-state index contributed by atoms with van der Waals surface area (Å²) in [6.45, 7) is 7.75. The minimum Gasteiger partial charge on any atom is -0.307 e. The van der Waals surface area contributed by atoms with E-state index in [9.17, 15) is 4.57 Å². The maximum absolute atomic E-state index is 12.0. The Morgan fingerprint density at radius 2 is 2.07 bits per heavy atom. The molecule has 1 aromatic rings. The van der Waals surface area contributed by atoms with Crippen LogP contribution in [0.3, 0.4) is 0 Å². The molecule has 0 aliphatic heterocycles. The zero-order valence-corrected chi connectivity index (χ0v) is 11.0. The van der Waals surface area contributed by atoms with Crippen LogP contribution in [0.5, 0.6) is 0 Å². The van der Waals surface area contributed by atoms with Gasteiger partial charge in [0.05, 0.1) is 0 Å². The van der Waals surface area contributed by atoms with Crippen molar-refractivity contribution in [1.82, 2.24) is 4.67 Å². The molecule has 0 aliphatic carbocycles. The van der Waals surface area contributed by atoms with Crippen LogP contribution in [-0.2, 0) is 4.57 Å². The van der Waals surface area contributed by atoms with Crippen molar-refractivity contribution in [2.24, 2.45) is 0 Å². The highest BCUT2D eigenvalue weighted by molar-refractivity contribution is 7.59. The van der Waals surface area contributed by atoms with Gasteiger partial charge in [0.2, 0.25) is 0 Å². The van der Waals surface area contributed by atoms with E-state index in [1.807, 2.05) is 29.9 Å². The first-order valence-electron chi connectivity index (χ1n) is 5.09. The van der Waals surface area contributed by atoms with E-state index in [-0.39, 0.29) is 6.04 Å².